The zero-order chi connectivity index (χ0) is 14.0. The first kappa shape index (κ1) is 14.5. The molecule has 104 valence electrons. The summed E-state index contributed by atoms with van der Waals surface area (Å²) in [4.78, 5) is 14.3. The normalized spacial score (nSPS) is 22.3. The van der Waals surface area contributed by atoms with Crippen LogP contribution in [0.3, 0.4) is 0 Å². The fraction of sp³-hybridized carbons (Fsp3) is 0.533. The lowest BCUT2D eigenvalue weighted by Gasteiger charge is -2.44. The molecular weight excluding hydrogens is 306 g/mol. The van der Waals surface area contributed by atoms with Gasteiger partial charge in [0, 0.05) is 16.6 Å². The number of rotatable bonds is 2. The SMILES string of the molecule is CC1(C)CCC(O)CN1C(=O)Cc1cccc(Br)c1. The molecule has 1 N–H and O–H groups in total. The van der Waals surface area contributed by atoms with Gasteiger partial charge in [-0.25, -0.2) is 0 Å². The van der Waals surface area contributed by atoms with Gasteiger partial charge in [0.2, 0.25) is 5.91 Å². The van der Waals surface area contributed by atoms with Crippen LogP contribution >= 0.6 is 15.9 Å². The van der Waals surface area contributed by atoms with Crippen LogP contribution in [0, 0.1) is 0 Å². The van der Waals surface area contributed by atoms with Crippen molar-refractivity contribution >= 4 is 21.8 Å². The Morgan fingerprint density at radius 2 is 2.26 bits per heavy atom. The second-order valence-corrected chi connectivity index (χ2v) is 6.73. The number of benzene rings is 1. The van der Waals surface area contributed by atoms with Crippen molar-refractivity contribution in [2.24, 2.45) is 0 Å². The summed E-state index contributed by atoms with van der Waals surface area (Å²) in [6.07, 6.45) is 1.61. The maximum absolute atomic E-state index is 12.4. The highest BCUT2D eigenvalue weighted by atomic mass is 79.9. The van der Waals surface area contributed by atoms with E-state index in [-0.39, 0.29) is 17.6 Å². The van der Waals surface area contributed by atoms with Gasteiger partial charge < -0.3 is 10.0 Å². The lowest BCUT2D eigenvalue weighted by Crippen LogP contribution is -2.55. The Morgan fingerprint density at radius 3 is 2.95 bits per heavy atom. The smallest absolute Gasteiger partial charge is 0.227 e. The molecule has 0 bridgehead atoms. The summed E-state index contributed by atoms with van der Waals surface area (Å²) >= 11 is 3.42. The molecule has 0 radical (unpaired) electrons. The van der Waals surface area contributed by atoms with Gasteiger partial charge in [0.15, 0.2) is 0 Å². The molecule has 19 heavy (non-hydrogen) atoms. The summed E-state index contributed by atoms with van der Waals surface area (Å²) in [5.41, 5.74) is 0.831. The van der Waals surface area contributed by atoms with Crippen molar-refractivity contribution in [3.05, 3.63) is 34.3 Å². The Morgan fingerprint density at radius 1 is 1.53 bits per heavy atom. The zero-order valence-corrected chi connectivity index (χ0v) is 13.0. The van der Waals surface area contributed by atoms with E-state index in [9.17, 15) is 9.90 Å². The van der Waals surface area contributed by atoms with Crippen molar-refractivity contribution in [3.8, 4) is 0 Å². The fourth-order valence-electron chi connectivity index (χ4n) is 2.56. The van der Waals surface area contributed by atoms with Gasteiger partial charge in [-0.1, -0.05) is 28.1 Å². The van der Waals surface area contributed by atoms with E-state index in [0.29, 0.717) is 13.0 Å². The molecule has 1 aliphatic rings. The fourth-order valence-corrected chi connectivity index (χ4v) is 3.01. The van der Waals surface area contributed by atoms with Gasteiger partial charge in [-0.2, -0.15) is 0 Å². The predicted molar refractivity (Wildman–Crippen MR) is 78.9 cm³/mol. The predicted octanol–water partition coefficient (Wildman–Crippen LogP) is 2.75. The summed E-state index contributed by atoms with van der Waals surface area (Å²) in [6, 6.07) is 7.80. The van der Waals surface area contributed by atoms with Crippen LogP contribution in [0.25, 0.3) is 0 Å². The van der Waals surface area contributed by atoms with Crippen LogP contribution in [0.1, 0.15) is 32.3 Å². The lowest BCUT2D eigenvalue weighted by atomic mass is 9.88. The van der Waals surface area contributed by atoms with E-state index in [4.69, 9.17) is 0 Å². The van der Waals surface area contributed by atoms with E-state index >= 15 is 0 Å². The van der Waals surface area contributed by atoms with Crippen molar-refractivity contribution in [2.75, 3.05) is 6.54 Å². The number of β-amino-alcohol motifs (C(OH)–C–C–N with tert-alkyl or cyclic N) is 1. The number of hydrogen-bond acceptors (Lipinski definition) is 2. The molecule has 4 heteroatoms. The molecule has 1 fully saturated rings. The van der Waals surface area contributed by atoms with E-state index < -0.39 is 0 Å². The van der Waals surface area contributed by atoms with E-state index in [1.807, 2.05) is 29.2 Å². The summed E-state index contributed by atoms with van der Waals surface area (Å²) in [7, 11) is 0. The van der Waals surface area contributed by atoms with Gasteiger partial charge in [0.05, 0.1) is 12.5 Å². The molecule has 1 atom stereocenters. The number of carbonyl (C=O) groups is 1. The second kappa shape index (κ2) is 5.63. The van der Waals surface area contributed by atoms with Gasteiger partial charge in [-0.15, -0.1) is 0 Å². The Hall–Kier alpha value is -0.870. The third-order valence-electron chi connectivity index (χ3n) is 3.76. The van der Waals surface area contributed by atoms with Gasteiger partial charge in [-0.05, 0) is 44.4 Å². The first-order valence-electron chi connectivity index (χ1n) is 6.61. The minimum Gasteiger partial charge on any atom is -0.391 e. The molecule has 1 heterocycles. The first-order valence-corrected chi connectivity index (χ1v) is 7.41. The van der Waals surface area contributed by atoms with Crippen LogP contribution in [-0.2, 0) is 11.2 Å². The Kier molecular flexibility index (Phi) is 4.31. The van der Waals surface area contributed by atoms with E-state index in [0.717, 1.165) is 22.9 Å². The average Bonchev–Trinajstić information content (AvgIpc) is 2.32. The zero-order valence-electron chi connectivity index (χ0n) is 11.4. The second-order valence-electron chi connectivity index (χ2n) is 5.82. The topological polar surface area (TPSA) is 40.5 Å². The number of aliphatic hydroxyl groups is 1. The van der Waals surface area contributed by atoms with Crippen molar-refractivity contribution in [3.63, 3.8) is 0 Å². The number of halogens is 1. The van der Waals surface area contributed by atoms with Crippen molar-refractivity contribution in [2.45, 2.75) is 44.8 Å². The summed E-state index contributed by atoms with van der Waals surface area (Å²) in [6.45, 7) is 4.58. The average molecular weight is 326 g/mol. The Balaban J connectivity index is 2.10. The highest BCUT2D eigenvalue weighted by molar-refractivity contribution is 9.10. The summed E-state index contributed by atoms with van der Waals surface area (Å²) in [5, 5.41) is 9.77. The number of likely N-dealkylation sites (tertiary alicyclic amines) is 1. The maximum atomic E-state index is 12.4. The Bertz CT molecular complexity index is 473. The summed E-state index contributed by atoms with van der Waals surface area (Å²) < 4.78 is 0.982. The van der Waals surface area contributed by atoms with Crippen molar-refractivity contribution in [1.82, 2.24) is 4.90 Å². The van der Waals surface area contributed by atoms with Crippen LogP contribution < -0.4 is 0 Å². The molecule has 1 aromatic rings. The number of hydrogen-bond donors (Lipinski definition) is 1. The number of aliphatic hydroxyl groups excluding tert-OH is 1. The van der Waals surface area contributed by atoms with Crippen LogP contribution in [0.15, 0.2) is 28.7 Å². The summed E-state index contributed by atoms with van der Waals surface area (Å²) in [5.74, 6) is 0.0850. The van der Waals surface area contributed by atoms with Gasteiger partial charge in [-0.3, -0.25) is 4.79 Å². The minimum atomic E-state index is -0.389. The third kappa shape index (κ3) is 3.57. The van der Waals surface area contributed by atoms with Crippen LogP contribution in [0.5, 0.6) is 0 Å². The standard InChI is InChI=1S/C15H20BrNO2/c1-15(2)7-6-13(18)10-17(15)14(19)9-11-4-3-5-12(16)8-11/h3-5,8,13,18H,6-7,9-10H2,1-2H3. The highest BCUT2D eigenvalue weighted by Gasteiger charge is 2.36. The molecular formula is C15H20BrNO2. The quantitative estimate of drug-likeness (QED) is 0.908. The lowest BCUT2D eigenvalue weighted by molar-refractivity contribution is -0.141. The molecule has 1 aliphatic heterocycles. The van der Waals surface area contributed by atoms with Gasteiger partial charge in [0.25, 0.3) is 0 Å². The largest absolute Gasteiger partial charge is 0.391 e. The molecule has 3 nitrogen and oxygen atoms in total. The molecule has 0 spiro atoms. The molecule has 0 aliphatic carbocycles. The van der Waals surface area contributed by atoms with E-state index in [2.05, 4.69) is 29.8 Å². The highest BCUT2D eigenvalue weighted by Crippen LogP contribution is 2.28. The number of nitrogens with zero attached hydrogens (tertiary/aromatic N) is 1. The van der Waals surface area contributed by atoms with Crippen molar-refractivity contribution in [1.29, 1.82) is 0 Å². The molecule has 0 saturated carbocycles. The van der Waals surface area contributed by atoms with Crippen LogP contribution in [0.2, 0.25) is 0 Å². The third-order valence-corrected chi connectivity index (χ3v) is 4.25. The molecule has 1 saturated heterocycles. The van der Waals surface area contributed by atoms with Gasteiger partial charge >= 0.3 is 0 Å². The molecule has 0 aromatic heterocycles. The maximum Gasteiger partial charge on any atom is 0.227 e. The van der Waals surface area contributed by atoms with E-state index in [1.165, 1.54) is 0 Å². The molecule has 1 aromatic carbocycles. The van der Waals surface area contributed by atoms with Gasteiger partial charge in [0.1, 0.15) is 0 Å². The first-order chi connectivity index (χ1) is 8.88. The van der Waals surface area contributed by atoms with Crippen LogP contribution in [-0.4, -0.2) is 34.1 Å². The molecule has 1 amide bonds. The van der Waals surface area contributed by atoms with E-state index in [1.54, 1.807) is 0 Å². The number of carbonyl (C=O) groups excluding carboxylic acids is 1. The Labute approximate surface area is 122 Å². The molecule has 1 unspecified atom stereocenters. The number of amides is 1. The molecule has 2 rings (SSSR count). The minimum absolute atomic E-state index is 0.0850. The number of piperidine rings is 1. The monoisotopic (exact) mass is 325 g/mol. The van der Waals surface area contributed by atoms with Crippen LogP contribution in [0.4, 0.5) is 0 Å². The van der Waals surface area contributed by atoms with Crippen molar-refractivity contribution < 1.29 is 9.90 Å².